The number of nitrogens with one attached hydrogen (secondary N) is 1. The van der Waals surface area contributed by atoms with E-state index in [0.717, 1.165) is 25.4 Å². The van der Waals surface area contributed by atoms with Gasteiger partial charge in [-0.25, -0.2) is 4.98 Å². The monoisotopic (exact) mass is 276 g/mol. The molecule has 1 aromatic rings. The van der Waals surface area contributed by atoms with Crippen molar-refractivity contribution in [1.82, 2.24) is 19.8 Å². The zero-order chi connectivity index (χ0) is 14.2. The Bertz CT molecular complexity index is 451. The first-order chi connectivity index (χ1) is 9.63. The number of hydrogen-bond acceptors (Lipinski definition) is 3. The Morgan fingerprint density at radius 3 is 2.85 bits per heavy atom. The summed E-state index contributed by atoms with van der Waals surface area (Å²) >= 11 is 0. The third-order valence-corrected chi connectivity index (χ3v) is 5.39. The van der Waals surface area contributed by atoms with E-state index in [1.165, 1.54) is 31.6 Å². The van der Waals surface area contributed by atoms with Crippen LogP contribution >= 0.6 is 0 Å². The minimum absolute atomic E-state index is 0.358. The maximum atomic E-state index is 4.47. The van der Waals surface area contributed by atoms with E-state index in [1.54, 1.807) is 0 Å². The molecule has 4 nitrogen and oxygen atoms in total. The van der Waals surface area contributed by atoms with E-state index >= 15 is 0 Å². The van der Waals surface area contributed by atoms with Crippen molar-refractivity contribution in [2.45, 2.75) is 51.1 Å². The van der Waals surface area contributed by atoms with Gasteiger partial charge in [0.1, 0.15) is 5.82 Å². The van der Waals surface area contributed by atoms with Crippen LogP contribution in [0.15, 0.2) is 12.4 Å². The van der Waals surface area contributed by atoms with Gasteiger partial charge >= 0.3 is 0 Å². The quantitative estimate of drug-likeness (QED) is 0.890. The van der Waals surface area contributed by atoms with Gasteiger partial charge in [-0.2, -0.15) is 0 Å². The number of rotatable bonds is 5. The summed E-state index contributed by atoms with van der Waals surface area (Å²) in [6.07, 6.45) is 9.05. The molecule has 4 heteroatoms. The minimum atomic E-state index is 0.358. The molecule has 2 fully saturated rings. The molecule has 1 aliphatic carbocycles. The molecular weight excluding hydrogens is 248 g/mol. The van der Waals surface area contributed by atoms with Crippen molar-refractivity contribution in [3.8, 4) is 0 Å². The van der Waals surface area contributed by atoms with Crippen molar-refractivity contribution < 1.29 is 0 Å². The molecule has 1 aliphatic heterocycles. The van der Waals surface area contributed by atoms with Crippen LogP contribution in [-0.2, 0) is 13.5 Å². The average molecular weight is 276 g/mol. The second kappa shape index (κ2) is 5.49. The molecule has 0 radical (unpaired) electrons. The number of piperazine rings is 1. The standard InChI is InChI=1S/C16H28N4/c1-4-14-11-20(9-7-15-17-8-10-19(15)3)16(2,12-18-14)13-5-6-13/h8,10,13-14,18H,4-7,9,11-12H2,1-3H3. The van der Waals surface area contributed by atoms with Gasteiger partial charge < -0.3 is 9.88 Å². The van der Waals surface area contributed by atoms with Gasteiger partial charge in [0, 0.05) is 57.1 Å². The van der Waals surface area contributed by atoms with E-state index in [9.17, 15) is 0 Å². The van der Waals surface area contributed by atoms with Gasteiger partial charge in [-0.05, 0) is 32.1 Å². The lowest BCUT2D eigenvalue weighted by atomic mass is 9.89. The van der Waals surface area contributed by atoms with Crippen molar-refractivity contribution in [3.63, 3.8) is 0 Å². The van der Waals surface area contributed by atoms with E-state index in [-0.39, 0.29) is 0 Å². The molecule has 0 bridgehead atoms. The fourth-order valence-corrected chi connectivity index (χ4v) is 3.60. The number of imidazole rings is 1. The second-order valence-corrected chi connectivity index (χ2v) is 6.77. The normalized spacial score (nSPS) is 31.6. The van der Waals surface area contributed by atoms with E-state index in [0.29, 0.717) is 11.6 Å². The molecule has 2 heterocycles. The van der Waals surface area contributed by atoms with Crippen LogP contribution < -0.4 is 5.32 Å². The SMILES string of the molecule is CCC1CN(CCc2nccn2C)C(C)(C2CC2)CN1. The van der Waals surface area contributed by atoms with Crippen molar-refractivity contribution in [1.29, 1.82) is 0 Å². The lowest BCUT2D eigenvalue weighted by molar-refractivity contribution is 0.0347. The van der Waals surface area contributed by atoms with Gasteiger partial charge in [-0.15, -0.1) is 0 Å². The topological polar surface area (TPSA) is 33.1 Å². The van der Waals surface area contributed by atoms with Gasteiger partial charge in [-0.1, -0.05) is 6.92 Å². The van der Waals surface area contributed by atoms with Crippen molar-refractivity contribution in [3.05, 3.63) is 18.2 Å². The van der Waals surface area contributed by atoms with Gasteiger partial charge in [0.2, 0.25) is 0 Å². The molecule has 1 saturated heterocycles. The summed E-state index contributed by atoms with van der Waals surface area (Å²) in [4.78, 5) is 7.21. The van der Waals surface area contributed by atoms with Crippen LogP contribution in [0.3, 0.4) is 0 Å². The first-order valence-corrected chi connectivity index (χ1v) is 8.08. The predicted molar refractivity (Wildman–Crippen MR) is 81.7 cm³/mol. The Balaban J connectivity index is 1.68. The Morgan fingerprint density at radius 1 is 1.45 bits per heavy atom. The second-order valence-electron chi connectivity index (χ2n) is 6.77. The van der Waals surface area contributed by atoms with Crippen LogP contribution in [0.5, 0.6) is 0 Å². The molecule has 2 aliphatic rings. The van der Waals surface area contributed by atoms with Gasteiger partial charge in [0.25, 0.3) is 0 Å². The first kappa shape index (κ1) is 14.1. The van der Waals surface area contributed by atoms with E-state index < -0.39 is 0 Å². The van der Waals surface area contributed by atoms with Crippen molar-refractivity contribution >= 4 is 0 Å². The fourth-order valence-electron chi connectivity index (χ4n) is 3.60. The van der Waals surface area contributed by atoms with Crippen LogP contribution in [-0.4, -0.2) is 45.7 Å². The molecule has 112 valence electrons. The highest BCUT2D eigenvalue weighted by atomic mass is 15.3. The first-order valence-electron chi connectivity index (χ1n) is 8.08. The van der Waals surface area contributed by atoms with Gasteiger partial charge in [0.05, 0.1) is 0 Å². The molecule has 0 aromatic carbocycles. The molecule has 1 saturated carbocycles. The number of hydrogen-bond donors (Lipinski definition) is 1. The fraction of sp³-hybridized carbons (Fsp3) is 0.812. The molecule has 1 N–H and O–H groups in total. The van der Waals surface area contributed by atoms with Crippen LogP contribution in [0, 0.1) is 5.92 Å². The van der Waals surface area contributed by atoms with E-state index in [2.05, 4.69) is 40.7 Å². The molecule has 3 rings (SSSR count). The molecule has 2 unspecified atom stereocenters. The maximum absolute atomic E-state index is 4.47. The Hall–Kier alpha value is -0.870. The van der Waals surface area contributed by atoms with E-state index in [4.69, 9.17) is 0 Å². The molecule has 2 atom stereocenters. The van der Waals surface area contributed by atoms with Crippen LogP contribution in [0.2, 0.25) is 0 Å². The maximum Gasteiger partial charge on any atom is 0.109 e. The summed E-state index contributed by atoms with van der Waals surface area (Å²) in [7, 11) is 2.09. The Labute approximate surface area is 122 Å². The molecular formula is C16H28N4. The largest absolute Gasteiger partial charge is 0.338 e. The summed E-state index contributed by atoms with van der Waals surface area (Å²) < 4.78 is 2.15. The van der Waals surface area contributed by atoms with Gasteiger partial charge in [-0.3, -0.25) is 4.90 Å². The predicted octanol–water partition coefficient (Wildman–Crippen LogP) is 1.82. The summed E-state index contributed by atoms with van der Waals surface area (Å²) in [6, 6.07) is 0.656. The summed E-state index contributed by atoms with van der Waals surface area (Å²) in [5, 5.41) is 3.75. The zero-order valence-electron chi connectivity index (χ0n) is 13.1. The van der Waals surface area contributed by atoms with Crippen LogP contribution in [0.4, 0.5) is 0 Å². The molecule has 1 aromatic heterocycles. The number of aryl methyl sites for hydroxylation is 1. The number of nitrogens with zero attached hydrogens (tertiary/aromatic N) is 3. The van der Waals surface area contributed by atoms with Crippen molar-refractivity contribution in [2.75, 3.05) is 19.6 Å². The third kappa shape index (κ3) is 2.63. The highest BCUT2D eigenvalue weighted by Gasteiger charge is 2.47. The average Bonchev–Trinajstić information content (AvgIpc) is 3.23. The lowest BCUT2D eigenvalue weighted by Gasteiger charge is -2.48. The number of aromatic nitrogens is 2. The Morgan fingerprint density at radius 2 is 2.25 bits per heavy atom. The highest BCUT2D eigenvalue weighted by Crippen LogP contribution is 2.44. The molecule has 20 heavy (non-hydrogen) atoms. The highest BCUT2D eigenvalue weighted by molar-refractivity contribution is 5.05. The molecule has 0 spiro atoms. The Kier molecular flexibility index (Phi) is 3.87. The van der Waals surface area contributed by atoms with Crippen molar-refractivity contribution in [2.24, 2.45) is 13.0 Å². The van der Waals surface area contributed by atoms with E-state index in [1.807, 2.05) is 12.4 Å². The van der Waals surface area contributed by atoms with Crippen LogP contribution in [0.25, 0.3) is 0 Å². The van der Waals surface area contributed by atoms with Gasteiger partial charge in [0.15, 0.2) is 0 Å². The minimum Gasteiger partial charge on any atom is -0.338 e. The third-order valence-electron chi connectivity index (χ3n) is 5.39. The summed E-state index contributed by atoms with van der Waals surface area (Å²) in [6.45, 7) is 8.22. The smallest absolute Gasteiger partial charge is 0.109 e. The summed E-state index contributed by atoms with van der Waals surface area (Å²) in [5.41, 5.74) is 0.358. The summed E-state index contributed by atoms with van der Waals surface area (Å²) in [5.74, 6) is 2.10. The van der Waals surface area contributed by atoms with Crippen LogP contribution in [0.1, 0.15) is 38.9 Å². The zero-order valence-corrected chi connectivity index (χ0v) is 13.1. The lowest BCUT2D eigenvalue weighted by Crippen LogP contribution is -2.64. The molecule has 0 amide bonds.